The molecule has 2 amide bonds. The lowest BCUT2D eigenvalue weighted by atomic mass is 10.2. The maximum Gasteiger partial charge on any atom is 0.331 e. The van der Waals surface area contributed by atoms with Gasteiger partial charge in [0.1, 0.15) is 5.82 Å². The van der Waals surface area contributed by atoms with E-state index in [2.05, 4.69) is 10.4 Å². The zero-order valence-electron chi connectivity index (χ0n) is 10.8. The van der Waals surface area contributed by atoms with E-state index < -0.39 is 0 Å². The molecule has 0 unspecified atom stereocenters. The fraction of sp³-hybridized carbons (Fsp3) is 0.333. The van der Waals surface area contributed by atoms with Gasteiger partial charge in [0.05, 0.1) is 11.0 Å². The number of aromatic nitrogens is 2. The Morgan fingerprint density at radius 1 is 1.56 bits per heavy atom. The molecule has 96 valence electrons. The van der Waals surface area contributed by atoms with Crippen LogP contribution in [0.3, 0.4) is 0 Å². The topological polar surface area (TPSA) is 76.2 Å². The zero-order chi connectivity index (χ0) is 13.3. The predicted octanol–water partition coefficient (Wildman–Crippen LogP) is 0.897. The van der Waals surface area contributed by atoms with Crippen molar-refractivity contribution in [2.45, 2.75) is 13.5 Å². The second-order valence-electron chi connectivity index (χ2n) is 4.35. The Balaban J connectivity index is 2.28. The van der Waals surface area contributed by atoms with Gasteiger partial charge in [-0.25, -0.2) is 15.6 Å². The van der Waals surface area contributed by atoms with Gasteiger partial charge >= 0.3 is 6.03 Å². The number of carbonyl (C=O) groups excluding carboxylic acids is 1. The molecule has 1 aromatic heterocycles. The van der Waals surface area contributed by atoms with Gasteiger partial charge in [-0.3, -0.25) is 5.43 Å². The minimum atomic E-state index is -0.313. The van der Waals surface area contributed by atoms with E-state index in [1.807, 2.05) is 36.7 Å². The average Bonchev–Trinajstić information content (AvgIpc) is 2.63. The summed E-state index contributed by atoms with van der Waals surface area (Å²) in [6.45, 7) is 2.46. The molecule has 6 nitrogen and oxygen atoms in total. The molecule has 3 N–H and O–H groups in total. The minimum Gasteiger partial charge on any atom is -0.331 e. The van der Waals surface area contributed by atoms with Gasteiger partial charge in [-0.05, 0) is 24.6 Å². The highest BCUT2D eigenvalue weighted by molar-refractivity contribution is 5.77. The molecular formula is C12H17N5O. The van der Waals surface area contributed by atoms with Gasteiger partial charge in [0.25, 0.3) is 0 Å². The van der Waals surface area contributed by atoms with Gasteiger partial charge in [-0.1, -0.05) is 6.07 Å². The van der Waals surface area contributed by atoms with Crippen molar-refractivity contribution in [2.75, 3.05) is 7.05 Å². The van der Waals surface area contributed by atoms with Crippen molar-refractivity contribution in [3.05, 3.63) is 29.6 Å². The number of fused-ring (bicyclic) bond motifs is 1. The molecule has 0 fully saturated rings. The van der Waals surface area contributed by atoms with Gasteiger partial charge in [0, 0.05) is 20.6 Å². The summed E-state index contributed by atoms with van der Waals surface area (Å²) in [5.74, 6) is 6.05. The van der Waals surface area contributed by atoms with Crippen molar-refractivity contribution in [2.24, 2.45) is 12.9 Å². The number of nitrogens with one attached hydrogen (secondary N) is 1. The molecule has 0 aliphatic heterocycles. The van der Waals surface area contributed by atoms with Crippen molar-refractivity contribution < 1.29 is 4.79 Å². The SMILES string of the molecule is Cc1nc2cc(CN(C)C(=O)NN)ccc2n1C. The van der Waals surface area contributed by atoms with Crippen molar-refractivity contribution in [3.63, 3.8) is 0 Å². The Kier molecular flexibility index (Phi) is 3.20. The van der Waals surface area contributed by atoms with Crippen LogP contribution in [0.2, 0.25) is 0 Å². The van der Waals surface area contributed by atoms with E-state index in [0.29, 0.717) is 6.54 Å². The molecule has 0 saturated carbocycles. The van der Waals surface area contributed by atoms with E-state index in [0.717, 1.165) is 22.4 Å². The molecule has 18 heavy (non-hydrogen) atoms. The number of hydrogen-bond donors (Lipinski definition) is 2. The number of urea groups is 1. The molecule has 2 aromatic rings. The van der Waals surface area contributed by atoms with Crippen LogP contribution in [0.4, 0.5) is 4.79 Å². The number of rotatable bonds is 2. The number of amides is 2. The molecule has 0 spiro atoms. The number of benzene rings is 1. The van der Waals surface area contributed by atoms with E-state index in [4.69, 9.17) is 5.84 Å². The first kappa shape index (κ1) is 12.4. The van der Waals surface area contributed by atoms with Crippen LogP contribution in [-0.2, 0) is 13.6 Å². The molecule has 1 heterocycles. The van der Waals surface area contributed by atoms with Crippen LogP contribution in [0, 0.1) is 6.92 Å². The van der Waals surface area contributed by atoms with E-state index in [1.54, 1.807) is 7.05 Å². The Morgan fingerprint density at radius 2 is 2.28 bits per heavy atom. The number of hydrazine groups is 1. The van der Waals surface area contributed by atoms with Crippen LogP contribution < -0.4 is 11.3 Å². The largest absolute Gasteiger partial charge is 0.331 e. The first-order valence-corrected chi connectivity index (χ1v) is 5.66. The number of imidazole rings is 1. The van der Waals surface area contributed by atoms with Crippen molar-refractivity contribution >= 4 is 17.1 Å². The van der Waals surface area contributed by atoms with Crippen LogP contribution in [0.25, 0.3) is 11.0 Å². The third kappa shape index (κ3) is 2.14. The lowest BCUT2D eigenvalue weighted by molar-refractivity contribution is 0.207. The monoisotopic (exact) mass is 247 g/mol. The predicted molar refractivity (Wildman–Crippen MR) is 69.6 cm³/mol. The summed E-state index contributed by atoms with van der Waals surface area (Å²) in [4.78, 5) is 17.3. The summed E-state index contributed by atoms with van der Waals surface area (Å²) in [7, 11) is 3.67. The second-order valence-corrected chi connectivity index (χ2v) is 4.35. The molecule has 2 rings (SSSR count). The highest BCUT2D eigenvalue weighted by Crippen LogP contribution is 2.17. The smallest absolute Gasteiger partial charge is 0.331 e. The molecule has 1 aromatic carbocycles. The minimum absolute atomic E-state index is 0.313. The number of nitrogens with zero attached hydrogens (tertiary/aromatic N) is 3. The van der Waals surface area contributed by atoms with E-state index >= 15 is 0 Å². The highest BCUT2D eigenvalue weighted by Gasteiger charge is 2.09. The maximum atomic E-state index is 11.3. The summed E-state index contributed by atoms with van der Waals surface area (Å²) >= 11 is 0. The van der Waals surface area contributed by atoms with Crippen LogP contribution in [0.5, 0.6) is 0 Å². The van der Waals surface area contributed by atoms with Gasteiger partial charge in [0.2, 0.25) is 0 Å². The summed E-state index contributed by atoms with van der Waals surface area (Å²) in [5, 5.41) is 0. The molecule has 6 heteroatoms. The van der Waals surface area contributed by atoms with Gasteiger partial charge in [-0.15, -0.1) is 0 Å². The van der Waals surface area contributed by atoms with E-state index in [-0.39, 0.29) is 6.03 Å². The Morgan fingerprint density at radius 3 is 2.94 bits per heavy atom. The number of aryl methyl sites for hydroxylation is 2. The average molecular weight is 247 g/mol. The van der Waals surface area contributed by atoms with Crippen LogP contribution in [0.1, 0.15) is 11.4 Å². The Labute approximate surface area is 105 Å². The van der Waals surface area contributed by atoms with Crippen LogP contribution >= 0.6 is 0 Å². The third-order valence-corrected chi connectivity index (χ3v) is 3.06. The molecule has 0 aliphatic rings. The first-order chi connectivity index (χ1) is 8.52. The second kappa shape index (κ2) is 4.66. The summed E-state index contributed by atoms with van der Waals surface area (Å²) in [6.07, 6.45) is 0. The summed E-state index contributed by atoms with van der Waals surface area (Å²) in [6, 6.07) is 5.68. The van der Waals surface area contributed by atoms with Gasteiger partial charge in [0.15, 0.2) is 0 Å². The van der Waals surface area contributed by atoms with Crippen LogP contribution in [-0.4, -0.2) is 27.5 Å². The Bertz CT molecular complexity index is 589. The van der Waals surface area contributed by atoms with Crippen molar-refractivity contribution in [1.82, 2.24) is 19.9 Å². The Hall–Kier alpha value is -2.08. The number of hydrogen-bond acceptors (Lipinski definition) is 3. The van der Waals surface area contributed by atoms with E-state index in [1.165, 1.54) is 4.90 Å². The van der Waals surface area contributed by atoms with Crippen molar-refractivity contribution in [3.8, 4) is 0 Å². The van der Waals surface area contributed by atoms with Crippen molar-refractivity contribution in [1.29, 1.82) is 0 Å². The molecule has 0 bridgehead atoms. The summed E-state index contributed by atoms with van der Waals surface area (Å²) < 4.78 is 2.04. The first-order valence-electron chi connectivity index (χ1n) is 5.66. The van der Waals surface area contributed by atoms with Gasteiger partial charge in [-0.2, -0.15) is 0 Å². The van der Waals surface area contributed by atoms with Gasteiger partial charge < -0.3 is 9.47 Å². The lowest BCUT2D eigenvalue weighted by Gasteiger charge is -2.16. The molecule has 0 aliphatic carbocycles. The standard InChI is InChI=1S/C12H17N5O/c1-8-14-10-6-9(4-5-11(10)17(8)3)7-16(2)12(18)15-13/h4-6H,7,13H2,1-3H3,(H,15,18). The number of nitrogens with two attached hydrogens (primary N) is 1. The highest BCUT2D eigenvalue weighted by atomic mass is 16.2. The fourth-order valence-corrected chi connectivity index (χ4v) is 1.92. The van der Waals surface area contributed by atoms with E-state index in [9.17, 15) is 4.79 Å². The zero-order valence-corrected chi connectivity index (χ0v) is 10.8. The molecule has 0 radical (unpaired) electrons. The normalized spacial score (nSPS) is 10.7. The molecular weight excluding hydrogens is 230 g/mol. The third-order valence-electron chi connectivity index (χ3n) is 3.06. The summed E-state index contributed by atoms with van der Waals surface area (Å²) in [5.41, 5.74) is 5.15. The quantitative estimate of drug-likeness (QED) is 0.470. The molecule has 0 atom stereocenters. The molecule has 0 saturated heterocycles. The fourth-order valence-electron chi connectivity index (χ4n) is 1.92. The lowest BCUT2D eigenvalue weighted by Crippen LogP contribution is -2.40. The number of carbonyl (C=O) groups is 1. The maximum absolute atomic E-state index is 11.3. The van der Waals surface area contributed by atoms with Crippen LogP contribution in [0.15, 0.2) is 18.2 Å².